The lowest BCUT2D eigenvalue weighted by Crippen LogP contribution is -2.13. The molecule has 4 heteroatoms. The van der Waals surface area contributed by atoms with Gasteiger partial charge in [0.15, 0.2) is 0 Å². The van der Waals surface area contributed by atoms with Crippen LogP contribution in [0.1, 0.15) is 47.1 Å². The molecule has 1 aromatic carbocycles. The highest BCUT2D eigenvalue weighted by Gasteiger charge is 2.18. The van der Waals surface area contributed by atoms with Crippen LogP contribution < -0.4 is 0 Å². The van der Waals surface area contributed by atoms with Crippen molar-refractivity contribution in [2.45, 2.75) is 26.2 Å². The molecular weight excluding hydrogens is 247 g/mol. The molecule has 0 radical (unpaired) electrons. The predicted molar refractivity (Wildman–Crippen MR) is 65.5 cm³/mol. The number of halogens is 2. The Bertz CT molecular complexity index is 413. The van der Waals surface area contributed by atoms with Crippen LogP contribution in [0.4, 0.5) is 0 Å². The van der Waals surface area contributed by atoms with Crippen LogP contribution in [0.25, 0.3) is 0 Å². The molecule has 0 unspecified atom stereocenters. The third-order valence-electron chi connectivity index (χ3n) is 2.25. The van der Waals surface area contributed by atoms with E-state index in [0.29, 0.717) is 0 Å². The van der Waals surface area contributed by atoms with Crippen molar-refractivity contribution in [2.75, 3.05) is 0 Å². The summed E-state index contributed by atoms with van der Waals surface area (Å²) in [6.45, 7) is 5.94. The third kappa shape index (κ3) is 3.06. The van der Waals surface area contributed by atoms with Crippen LogP contribution in [0, 0.1) is 0 Å². The van der Waals surface area contributed by atoms with Gasteiger partial charge in [-0.2, -0.15) is 0 Å². The van der Waals surface area contributed by atoms with E-state index in [1.807, 2.05) is 20.8 Å². The summed E-state index contributed by atoms with van der Waals surface area (Å²) in [6, 6.07) is 4.76. The summed E-state index contributed by atoms with van der Waals surface area (Å²) in [5.74, 6) is 0. The van der Waals surface area contributed by atoms with Crippen molar-refractivity contribution < 1.29 is 9.59 Å². The molecule has 0 heterocycles. The van der Waals surface area contributed by atoms with Gasteiger partial charge in [0, 0.05) is 11.1 Å². The normalized spacial score (nSPS) is 11.3. The minimum atomic E-state index is -0.592. The van der Waals surface area contributed by atoms with E-state index in [4.69, 9.17) is 23.2 Å². The largest absolute Gasteiger partial charge is 0.276 e. The highest BCUT2D eigenvalue weighted by atomic mass is 35.5. The fraction of sp³-hybridized carbons (Fsp3) is 0.333. The molecular formula is C12H12Cl2O2. The summed E-state index contributed by atoms with van der Waals surface area (Å²) in [4.78, 5) is 22.2. The van der Waals surface area contributed by atoms with Crippen LogP contribution >= 0.6 is 23.2 Å². The maximum atomic E-state index is 11.1. The summed E-state index contributed by atoms with van der Waals surface area (Å²) in [6.07, 6.45) is 0. The first kappa shape index (κ1) is 13.2. The highest BCUT2D eigenvalue weighted by Crippen LogP contribution is 2.25. The van der Waals surface area contributed by atoms with E-state index in [-0.39, 0.29) is 16.5 Å². The van der Waals surface area contributed by atoms with Crippen molar-refractivity contribution in [2.24, 2.45) is 0 Å². The Morgan fingerprint density at radius 2 is 1.31 bits per heavy atom. The predicted octanol–water partition coefficient (Wildman–Crippen LogP) is 3.74. The number of rotatable bonds is 2. The average Bonchev–Trinajstić information content (AvgIpc) is 2.15. The van der Waals surface area contributed by atoms with Crippen molar-refractivity contribution >= 4 is 33.7 Å². The van der Waals surface area contributed by atoms with Crippen molar-refractivity contribution in [3.05, 3.63) is 34.9 Å². The summed E-state index contributed by atoms with van der Waals surface area (Å²) >= 11 is 10.8. The average molecular weight is 259 g/mol. The second-order valence-electron chi connectivity index (χ2n) is 4.60. The van der Waals surface area contributed by atoms with E-state index in [1.165, 1.54) is 6.07 Å². The lowest BCUT2D eigenvalue weighted by molar-refractivity contribution is 0.108. The van der Waals surface area contributed by atoms with Crippen molar-refractivity contribution in [3.8, 4) is 0 Å². The van der Waals surface area contributed by atoms with E-state index in [9.17, 15) is 9.59 Å². The first-order valence-electron chi connectivity index (χ1n) is 4.77. The monoisotopic (exact) mass is 258 g/mol. The fourth-order valence-electron chi connectivity index (χ4n) is 1.29. The number of carbonyl (C=O) groups excluding carboxylic acids is 2. The summed E-state index contributed by atoms with van der Waals surface area (Å²) < 4.78 is 0. The third-order valence-corrected chi connectivity index (χ3v) is 2.69. The SMILES string of the molecule is CC(C)(C)c1cc(C(=O)Cl)cc(C(=O)Cl)c1. The lowest BCUT2D eigenvalue weighted by atomic mass is 9.85. The topological polar surface area (TPSA) is 34.1 Å². The van der Waals surface area contributed by atoms with E-state index in [2.05, 4.69) is 0 Å². The molecule has 0 N–H and O–H groups in total. The molecule has 0 spiro atoms. The Morgan fingerprint density at radius 3 is 1.56 bits per heavy atom. The minimum Gasteiger partial charge on any atom is -0.276 e. The molecule has 0 fully saturated rings. The molecule has 0 amide bonds. The molecule has 0 aliphatic heterocycles. The Hall–Kier alpha value is -0.860. The lowest BCUT2D eigenvalue weighted by Gasteiger charge is -2.20. The molecule has 2 nitrogen and oxygen atoms in total. The standard InChI is InChI=1S/C12H12Cl2O2/c1-12(2,3)9-5-7(10(13)15)4-8(6-9)11(14)16/h4-6H,1-3H3. The fourth-order valence-corrected chi connectivity index (χ4v) is 1.51. The smallest absolute Gasteiger partial charge is 0.252 e. The van der Waals surface area contributed by atoms with Crippen molar-refractivity contribution in [3.63, 3.8) is 0 Å². The molecule has 0 aliphatic rings. The molecule has 0 atom stereocenters. The number of hydrogen-bond acceptors (Lipinski definition) is 2. The second kappa shape index (κ2) is 4.56. The number of benzene rings is 1. The molecule has 0 saturated heterocycles. The number of carbonyl (C=O) groups is 2. The summed E-state index contributed by atoms with van der Waals surface area (Å²) in [5.41, 5.74) is 1.25. The minimum absolute atomic E-state index is 0.177. The van der Waals surface area contributed by atoms with Gasteiger partial charge in [-0.15, -0.1) is 0 Å². The van der Waals surface area contributed by atoms with Crippen LogP contribution in [-0.2, 0) is 5.41 Å². The second-order valence-corrected chi connectivity index (χ2v) is 5.28. The number of hydrogen-bond donors (Lipinski definition) is 0. The van der Waals surface area contributed by atoms with Crippen LogP contribution in [0.2, 0.25) is 0 Å². The van der Waals surface area contributed by atoms with E-state index >= 15 is 0 Å². The molecule has 0 aromatic heterocycles. The maximum Gasteiger partial charge on any atom is 0.252 e. The highest BCUT2D eigenvalue weighted by molar-refractivity contribution is 6.69. The zero-order valence-electron chi connectivity index (χ0n) is 9.30. The molecule has 86 valence electrons. The Labute approximate surface area is 105 Å². The van der Waals surface area contributed by atoms with Crippen molar-refractivity contribution in [1.82, 2.24) is 0 Å². The first-order chi connectivity index (χ1) is 7.21. The van der Waals surface area contributed by atoms with Crippen LogP contribution in [0.15, 0.2) is 18.2 Å². The van der Waals surface area contributed by atoms with Gasteiger partial charge >= 0.3 is 0 Å². The van der Waals surface area contributed by atoms with E-state index < -0.39 is 10.5 Å². The van der Waals surface area contributed by atoms with Gasteiger partial charge in [-0.1, -0.05) is 20.8 Å². The van der Waals surface area contributed by atoms with Crippen LogP contribution in [0.5, 0.6) is 0 Å². The Balaban J connectivity index is 3.42. The molecule has 1 rings (SSSR count). The van der Waals surface area contributed by atoms with E-state index in [1.54, 1.807) is 12.1 Å². The van der Waals surface area contributed by atoms with Crippen LogP contribution in [0.3, 0.4) is 0 Å². The molecule has 0 aliphatic carbocycles. The van der Waals surface area contributed by atoms with E-state index in [0.717, 1.165) is 5.56 Å². The molecule has 0 saturated carbocycles. The zero-order chi connectivity index (χ0) is 12.5. The van der Waals surface area contributed by atoms with Gasteiger partial charge in [-0.25, -0.2) is 0 Å². The quantitative estimate of drug-likeness (QED) is 0.758. The van der Waals surface area contributed by atoms with Gasteiger partial charge in [0.2, 0.25) is 0 Å². The zero-order valence-corrected chi connectivity index (χ0v) is 10.8. The van der Waals surface area contributed by atoms with Gasteiger partial charge in [-0.05, 0) is 52.4 Å². The molecule has 0 bridgehead atoms. The maximum absolute atomic E-state index is 11.1. The molecule has 1 aromatic rings. The summed E-state index contributed by atoms with van der Waals surface area (Å²) in [5, 5.41) is -1.18. The van der Waals surface area contributed by atoms with Crippen LogP contribution in [-0.4, -0.2) is 10.5 Å². The van der Waals surface area contributed by atoms with Gasteiger partial charge < -0.3 is 0 Å². The Morgan fingerprint density at radius 1 is 0.938 bits per heavy atom. The molecule has 16 heavy (non-hydrogen) atoms. The van der Waals surface area contributed by atoms with Gasteiger partial charge in [-0.3, -0.25) is 9.59 Å². The summed E-state index contributed by atoms with van der Waals surface area (Å²) in [7, 11) is 0. The van der Waals surface area contributed by atoms with Crippen molar-refractivity contribution in [1.29, 1.82) is 0 Å². The van der Waals surface area contributed by atoms with Gasteiger partial charge in [0.1, 0.15) is 0 Å². The first-order valence-corrected chi connectivity index (χ1v) is 5.52. The van der Waals surface area contributed by atoms with Gasteiger partial charge in [0.05, 0.1) is 0 Å². The Kier molecular flexibility index (Phi) is 3.76. The van der Waals surface area contributed by atoms with Gasteiger partial charge in [0.25, 0.3) is 10.5 Å².